The molecule has 53 heavy (non-hydrogen) atoms. The van der Waals surface area contributed by atoms with Crippen LogP contribution in [0.4, 0.5) is 0 Å². The van der Waals surface area contributed by atoms with E-state index >= 15 is 0 Å². The fraction of sp³-hybridized carbons (Fsp3) is 0. The van der Waals surface area contributed by atoms with Crippen molar-refractivity contribution >= 4 is 65.0 Å². The third kappa shape index (κ3) is 4.71. The van der Waals surface area contributed by atoms with Gasteiger partial charge in [0.25, 0.3) is 0 Å². The Morgan fingerprint density at radius 3 is 1.53 bits per heavy atom. The van der Waals surface area contributed by atoms with E-state index in [0.29, 0.717) is 0 Å². The Morgan fingerprint density at radius 1 is 0.264 bits per heavy atom. The SMILES string of the molecule is c1cc(-c2ccc3oc4ccccc4c3c2)cc(-c2c3ccccc3c(-c3ccc(-c4cccc5ccc6ccccc6c45)cc3)c3ccccc23)c1. The second-order valence-electron chi connectivity index (χ2n) is 14.0. The molecule has 1 nitrogen and oxygen atoms in total. The Morgan fingerprint density at radius 2 is 0.774 bits per heavy atom. The van der Waals surface area contributed by atoms with Gasteiger partial charge in [-0.25, -0.2) is 0 Å². The minimum absolute atomic E-state index is 0.914. The van der Waals surface area contributed by atoms with Gasteiger partial charge in [-0.2, -0.15) is 0 Å². The normalized spacial score (nSPS) is 11.8. The van der Waals surface area contributed by atoms with Crippen molar-refractivity contribution in [3.8, 4) is 44.5 Å². The number of furan rings is 1. The van der Waals surface area contributed by atoms with Crippen molar-refractivity contribution in [3.05, 3.63) is 194 Å². The molecule has 0 fully saturated rings. The summed E-state index contributed by atoms with van der Waals surface area (Å²) in [6.07, 6.45) is 0. The van der Waals surface area contributed by atoms with Gasteiger partial charge in [-0.05, 0) is 112 Å². The summed E-state index contributed by atoms with van der Waals surface area (Å²) in [4.78, 5) is 0. The van der Waals surface area contributed by atoms with Crippen LogP contribution in [0.3, 0.4) is 0 Å². The molecule has 1 heteroatoms. The van der Waals surface area contributed by atoms with E-state index in [1.54, 1.807) is 0 Å². The molecule has 0 aliphatic carbocycles. The first-order valence-corrected chi connectivity index (χ1v) is 18.3. The third-order valence-corrected chi connectivity index (χ3v) is 11.0. The number of fused-ring (bicyclic) bond motifs is 8. The van der Waals surface area contributed by atoms with Crippen molar-refractivity contribution in [3.63, 3.8) is 0 Å². The number of rotatable bonds is 4. The van der Waals surface area contributed by atoms with Crippen molar-refractivity contribution < 1.29 is 4.42 Å². The monoisotopic (exact) mass is 672 g/mol. The molecular formula is C52H32O. The molecule has 11 aromatic rings. The van der Waals surface area contributed by atoms with Crippen molar-refractivity contribution in [1.29, 1.82) is 0 Å². The first kappa shape index (κ1) is 29.7. The van der Waals surface area contributed by atoms with Crippen LogP contribution in [0, 0.1) is 0 Å². The van der Waals surface area contributed by atoms with Crippen molar-refractivity contribution in [1.82, 2.24) is 0 Å². The molecule has 0 saturated heterocycles. The van der Waals surface area contributed by atoms with E-state index in [1.807, 2.05) is 12.1 Å². The predicted molar refractivity (Wildman–Crippen MR) is 225 cm³/mol. The smallest absolute Gasteiger partial charge is 0.135 e. The van der Waals surface area contributed by atoms with E-state index < -0.39 is 0 Å². The second kappa shape index (κ2) is 11.8. The maximum atomic E-state index is 6.14. The topological polar surface area (TPSA) is 13.1 Å². The number of para-hydroxylation sites is 1. The fourth-order valence-corrected chi connectivity index (χ4v) is 8.63. The predicted octanol–water partition coefficient (Wildman–Crippen LogP) is 14.9. The summed E-state index contributed by atoms with van der Waals surface area (Å²) in [5, 5.41) is 12.4. The lowest BCUT2D eigenvalue weighted by molar-refractivity contribution is 0.669. The summed E-state index contributed by atoms with van der Waals surface area (Å²) in [6, 6.07) is 70.7. The number of hydrogen-bond acceptors (Lipinski definition) is 1. The van der Waals surface area contributed by atoms with Crippen LogP contribution in [0.2, 0.25) is 0 Å². The van der Waals surface area contributed by atoms with E-state index in [2.05, 4.69) is 182 Å². The Hall–Kier alpha value is -6.96. The molecule has 11 rings (SSSR count). The Labute approximate surface area is 307 Å². The van der Waals surface area contributed by atoms with Crippen LogP contribution < -0.4 is 0 Å². The molecule has 1 aromatic heterocycles. The Kier molecular flexibility index (Phi) is 6.62. The molecule has 0 spiro atoms. The molecular weight excluding hydrogens is 641 g/mol. The van der Waals surface area contributed by atoms with Crippen LogP contribution in [-0.2, 0) is 0 Å². The van der Waals surface area contributed by atoms with Crippen LogP contribution in [0.25, 0.3) is 110 Å². The van der Waals surface area contributed by atoms with Crippen molar-refractivity contribution in [2.24, 2.45) is 0 Å². The molecule has 0 aliphatic rings. The quantitative estimate of drug-likeness (QED) is 0.134. The maximum absolute atomic E-state index is 6.14. The van der Waals surface area contributed by atoms with Crippen LogP contribution in [-0.4, -0.2) is 0 Å². The highest BCUT2D eigenvalue weighted by molar-refractivity contribution is 6.22. The van der Waals surface area contributed by atoms with Gasteiger partial charge in [-0.15, -0.1) is 0 Å². The molecule has 0 saturated carbocycles. The summed E-state index contributed by atoms with van der Waals surface area (Å²) in [6.45, 7) is 0. The summed E-state index contributed by atoms with van der Waals surface area (Å²) in [5.41, 5.74) is 11.6. The van der Waals surface area contributed by atoms with Gasteiger partial charge in [0.15, 0.2) is 0 Å². The largest absolute Gasteiger partial charge is 0.456 e. The minimum Gasteiger partial charge on any atom is -0.456 e. The molecule has 0 amide bonds. The van der Waals surface area contributed by atoms with Gasteiger partial charge in [-0.1, -0.05) is 170 Å². The third-order valence-electron chi connectivity index (χ3n) is 11.0. The summed E-state index contributed by atoms with van der Waals surface area (Å²) < 4.78 is 6.14. The number of hydrogen-bond donors (Lipinski definition) is 0. The van der Waals surface area contributed by atoms with E-state index in [9.17, 15) is 0 Å². The van der Waals surface area contributed by atoms with Gasteiger partial charge in [0.1, 0.15) is 11.2 Å². The molecule has 0 radical (unpaired) electrons. The molecule has 10 aromatic carbocycles. The van der Waals surface area contributed by atoms with E-state index in [-0.39, 0.29) is 0 Å². The van der Waals surface area contributed by atoms with Gasteiger partial charge in [0.05, 0.1) is 0 Å². The lowest BCUT2D eigenvalue weighted by Gasteiger charge is -2.18. The van der Waals surface area contributed by atoms with Gasteiger partial charge in [0.2, 0.25) is 0 Å². The van der Waals surface area contributed by atoms with Crippen LogP contribution in [0.5, 0.6) is 0 Å². The fourth-order valence-electron chi connectivity index (χ4n) is 8.63. The molecule has 0 N–H and O–H groups in total. The summed E-state index contributed by atoms with van der Waals surface area (Å²) in [7, 11) is 0. The average molecular weight is 673 g/mol. The van der Waals surface area contributed by atoms with Crippen LogP contribution in [0.15, 0.2) is 199 Å². The maximum Gasteiger partial charge on any atom is 0.135 e. The Bertz CT molecular complexity index is 3160. The Balaban J connectivity index is 1.07. The first-order valence-electron chi connectivity index (χ1n) is 18.3. The van der Waals surface area contributed by atoms with Gasteiger partial charge in [0, 0.05) is 10.8 Å². The van der Waals surface area contributed by atoms with Crippen molar-refractivity contribution in [2.45, 2.75) is 0 Å². The highest BCUT2D eigenvalue weighted by Crippen LogP contribution is 2.45. The lowest BCUT2D eigenvalue weighted by atomic mass is 9.85. The summed E-state index contributed by atoms with van der Waals surface area (Å²) >= 11 is 0. The molecule has 0 atom stereocenters. The first-order chi connectivity index (χ1) is 26.3. The van der Waals surface area contributed by atoms with E-state index in [4.69, 9.17) is 4.42 Å². The zero-order valence-corrected chi connectivity index (χ0v) is 28.9. The lowest BCUT2D eigenvalue weighted by Crippen LogP contribution is -1.91. The van der Waals surface area contributed by atoms with E-state index in [1.165, 1.54) is 87.6 Å². The highest BCUT2D eigenvalue weighted by Gasteiger charge is 2.18. The second-order valence-corrected chi connectivity index (χ2v) is 14.0. The van der Waals surface area contributed by atoms with Gasteiger partial charge in [-0.3, -0.25) is 0 Å². The zero-order chi connectivity index (χ0) is 34.9. The highest BCUT2D eigenvalue weighted by atomic mass is 16.3. The molecule has 1 heterocycles. The average Bonchev–Trinajstić information content (AvgIpc) is 3.61. The van der Waals surface area contributed by atoms with Gasteiger partial charge >= 0.3 is 0 Å². The minimum atomic E-state index is 0.914. The number of benzene rings is 10. The summed E-state index contributed by atoms with van der Waals surface area (Å²) in [5.74, 6) is 0. The van der Waals surface area contributed by atoms with E-state index in [0.717, 1.165) is 21.9 Å². The molecule has 0 unspecified atom stereocenters. The van der Waals surface area contributed by atoms with Crippen LogP contribution in [0.1, 0.15) is 0 Å². The molecule has 0 aliphatic heterocycles. The molecule has 0 bridgehead atoms. The van der Waals surface area contributed by atoms with Gasteiger partial charge < -0.3 is 4.42 Å². The van der Waals surface area contributed by atoms with Crippen molar-refractivity contribution in [2.75, 3.05) is 0 Å². The van der Waals surface area contributed by atoms with Crippen LogP contribution >= 0.6 is 0 Å². The molecule has 246 valence electrons. The zero-order valence-electron chi connectivity index (χ0n) is 28.9. The standard InChI is InChI=1S/C52H32O/c1-2-15-40-33(11-1)23-26-35-12-10-21-41(50(35)40)34-24-27-36(28-25-34)51-43-17-3-5-19-45(43)52(46-20-6-4-18-44(46)51)39-14-9-13-37(31-39)38-29-30-49-47(32-38)42-16-7-8-22-48(42)53-49/h1-32H.